The van der Waals surface area contributed by atoms with E-state index in [1.807, 2.05) is 0 Å². The van der Waals surface area contributed by atoms with Gasteiger partial charge in [-0.2, -0.15) is 0 Å². The highest BCUT2D eigenvalue weighted by molar-refractivity contribution is 7.90. The molecular formula is C12H12F2N2O3S. The molecule has 0 aliphatic rings. The van der Waals surface area contributed by atoms with Gasteiger partial charge in [-0.05, 0) is 19.1 Å². The van der Waals surface area contributed by atoms with Gasteiger partial charge in [0.1, 0.15) is 22.6 Å². The van der Waals surface area contributed by atoms with Gasteiger partial charge in [-0.15, -0.1) is 0 Å². The third-order valence-electron chi connectivity index (χ3n) is 2.97. The zero-order chi connectivity index (χ0) is 15.1. The summed E-state index contributed by atoms with van der Waals surface area (Å²) < 4.78 is 54.7. The zero-order valence-corrected chi connectivity index (χ0v) is 11.5. The summed E-state index contributed by atoms with van der Waals surface area (Å²) in [7, 11) is -3.47. The number of nitrogens with two attached hydrogens (primary N) is 1. The van der Waals surface area contributed by atoms with Crippen LogP contribution in [-0.4, -0.2) is 19.8 Å². The first kappa shape index (κ1) is 14.4. The molecule has 0 bridgehead atoms. The van der Waals surface area contributed by atoms with Gasteiger partial charge in [0.2, 0.25) is 5.88 Å². The van der Waals surface area contributed by atoms with Crippen LogP contribution in [0.25, 0.3) is 11.1 Å². The average molecular weight is 302 g/mol. The van der Waals surface area contributed by atoms with Crippen LogP contribution in [-0.2, 0) is 9.84 Å². The molecule has 0 amide bonds. The Morgan fingerprint density at radius 3 is 2.55 bits per heavy atom. The van der Waals surface area contributed by atoms with E-state index >= 15 is 0 Å². The second-order valence-corrected chi connectivity index (χ2v) is 6.77. The van der Waals surface area contributed by atoms with Crippen LogP contribution in [0, 0.1) is 11.6 Å². The van der Waals surface area contributed by atoms with Gasteiger partial charge in [0, 0.05) is 17.9 Å². The first-order valence-corrected chi connectivity index (χ1v) is 7.56. The van der Waals surface area contributed by atoms with Gasteiger partial charge < -0.3 is 10.3 Å². The molecule has 0 radical (unpaired) electrons. The van der Waals surface area contributed by atoms with Crippen LogP contribution in [0.1, 0.15) is 17.9 Å². The van der Waals surface area contributed by atoms with Crippen molar-refractivity contribution in [1.82, 2.24) is 5.16 Å². The fourth-order valence-corrected chi connectivity index (χ4v) is 2.33. The summed E-state index contributed by atoms with van der Waals surface area (Å²) in [4.78, 5) is 0. The van der Waals surface area contributed by atoms with Crippen LogP contribution >= 0.6 is 0 Å². The first-order chi connectivity index (χ1) is 9.21. The molecule has 1 unspecified atom stereocenters. The molecule has 0 spiro atoms. The number of nitrogens with zero attached hydrogens (tertiary/aromatic N) is 1. The van der Waals surface area contributed by atoms with E-state index in [0.29, 0.717) is 6.07 Å². The van der Waals surface area contributed by atoms with Crippen LogP contribution in [0.2, 0.25) is 0 Å². The molecule has 2 rings (SSSR count). The van der Waals surface area contributed by atoms with Crippen molar-refractivity contribution < 1.29 is 21.7 Å². The van der Waals surface area contributed by atoms with Crippen molar-refractivity contribution in [1.29, 1.82) is 0 Å². The standard InChI is InChI=1S/C12H12F2N2O3S/c1-6(20(2,17)18)11-10(12(15)19-16-11)8-4-3-7(13)5-9(8)14/h3-6H,15H2,1-2H3. The largest absolute Gasteiger partial charge is 0.367 e. The molecule has 8 heteroatoms. The van der Waals surface area contributed by atoms with Crippen LogP contribution in [0.3, 0.4) is 0 Å². The lowest BCUT2D eigenvalue weighted by molar-refractivity contribution is 0.426. The minimum atomic E-state index is -3.47. The molecule has 2 aromatic rings. The highest BCUT2D eigenvalue weighted by Gasteiger charge is 2.28. The van der Waals surface area contributed by atoms with Crippen molar-refractivity contribution in [2.24, 2.45) is 0 Å². The van der Waals surface area contributed by atoms with Crippen LogP contribution in [0.15, 0.2) is 22.7 Å². The maximum Gasteiger partial charge on any atom is 0.230 e. The van der Waals surface area contributed by atoms with Gasteiger partial charge in [0.05, 0.1) is 5.56 Å². The summed E-state index contributed by atoms with van der Waals surface area (Å²) in [6.07, 6.45) is 1.02. The number of anilines is 1. The lowest BCUT2D eigenvalue weighted by Gasteiger charge is -2.09. The predicted molar refractivity (Wildman–Crippen MR) is 69.5 cm³/mol. The number of rotatable bonds is 3. The van der Waals surface area contributed by atoms with E-state index in [2.05, 4.69) is 5.16 Å². The number of nitrogen functional groups attached to an aromatic ring is 1. The average Bonchev–Trinajstić information content (AvgIpc) is 2.69. The molecule has 1 heterocycles. The maximum absolute atomic E-state index is 13.8. The van der Waals surface area contributed by atoms with E-state index in [4.69, 9.17) is 10.3 Å². The minimum Gasteiger partial charge on any atom is -0.367 e. The summed E-state index contributed by atoms with van der Waals surface area (Å²) in [5.74, 6) is -1.85. The Morgan fingerprint density at radius 2 is 2.00 bits per heavy atom. The van der Waals surface area contributed by atoms with E-state index in [1.165, 1.54) is 6.92 Å². The van der Waals surface area contributed by atoms with Crippen LogP contribution in [0.4, 0.5) is 14.7 Å². The molecule has 0 aliphatic heterocycles. The molecule has 1 aromatic carbocycles. The zero-order valence-electron chi connectivity index (χ0n) is 10.7. The molecule has 5 nitrogen and oxygen atoms in total. The Balaban J connectivity index is 2.66. The highest BCUT2D eigenvalue weighted by Crippen LogP contribution is 2.37. The number of hydrogen-bond donors (Lipinski definition) is 1. The number of benzene rings is 1. The first-order valence-electron chi connectivity index (χ1n) is 5.61. The van der Waals surface area contributed by atoms with Gasteiger partial charge >= 0.3 is 0 Å². The van der Waals surface area contributed by atoms with Crippen molar-refractivity contribution in [2.75, 3.05) is 12.0 Å². The molecule has 0 saturated carbocycles. The molecule has 108 valence electrons. The second-order valence-electron chi connectivity index (χ2n) is 4.40. The Morgan fingerprint density at radius 1 is 1.35 bits per heavy atom. The Bertz CT molecular complexity index is 756. The predicted octanol–water partition coefficient (Wildman–Crippen LogP) is 2.31. The highest BCUT2D eigenvalue weighted by atomic mass is 32.2. The molecule has 0 fully saturated rings. The van der Waals surface area contributed by atoms with E-state index < -0.39 is 26.7 Å². The van der Waals surface area contributed by atoms with Crippen molar-refractivity contribution in [3.05, 3.63) is 35.5 Å². The SMILES string of the molecule is CC(c1noc(N)c1-c1ccc(F)cc1F)S(C)(=O)=O. The lowest BCUT2D eigenvalue weighted by Crippen LogP contribution is -2.09. The fourth-order valence-electron chi connectivity index (χ4n) is 1.76. The van der Waals surface area contributed by atoms with E-state index in [9.17, 15) is 17.2 Å². The van der Waals surface area contributed by atoms with Gasteiger partial charge in [-0.3, -0.25) is 0 Å². The van der Waals surface area contributed by atoms with Gasteiger partial charge in [-0.25, -0.2) is 17.2 Å². The monoisotopic (exact) mass is 302 g/mol. The molecule has 0 aliphatic carbocycles. The molecule has 1 atom stereocenters. The van der Waals surface area contributed by atoms with E-state index in [0.717, 1.165) is 18.4 Å². The van der Waals surface area contributed by atoms with Crippen molar-refractivity contribution in [3.63, 3.8) is 0 Å². The normalized spacial score (nSPS) is 13.4. The number of halogens is 2. The van der Waals surface area contributed by atoms with E-state index in [-0.39, 0.29) is 22.7 Å². The van der Waals surface area contributed by atoms with Gasteiger partial charge in [0.15, 0.2) is 9.84 Å². The summed E-state index contributed by atoms with van der Waals surface area (Å²) in [6, 6.07) is 2.88. The molecule has 2 N–H and O–H groups in total. The summed E-state index contributed by atoms with van der Waals surface area (Å²) >= 11 is 0. The molecule has 1 aromatic heterocycles. The lowest BCUT2D eigenvalue weighted by atomic mass is 10.0. The van der Waals surface area contributed by atoms with E-state index in [1.54, 1.807) is 0 Å². The quantitative estimate of drug-likeness (QED) is 0.940. The summed E-state index contributed by atoms with van der Waals surface area (Å²) in [5, 5.41) is 2.56. The summed E-state index contributed by atoms with van der Waals surface area (Å²) in [6.45, 7) is 1.39. The Labute approximate surface area is 114 Å². The van der Waals surface area contributed by atoms with Gasteiger partial charge in [0.25, 0.3) is 0 Å². The third-order valence-corrected chi connectivity index (χ3v) is 4.48. The topological polar surface area (TPSA) is 86.2 Å². The maximum atomic E-state index is 13.8. The van der Waals surface area contributed by atoms with Crippen molar-refractivity contribution in [3.8, 4) is 11.1 Å². The van der Waals surface area contributed by atoms with Gasteiger partial charge in [-0.1, -0.05) is 5.16 Å². The fraction of sp³-hybridized carbons (Fsp3) is 0.250. The van der Waals surface area contributed by atoms with Crippen LogP contribution in [0.5, 0.6) is 0 Å². The number of sulfone groups is 1. The smallest absolute Gasteiger partial charge is 0.230 e. The van der Waals surface area contributed by atoms with Crippen LogP contribution < -0.4 is 5.73 Å². The van der Waals surface area contributed by atoms with Crippen molar-refractivity contribution in [2.45, 2.75) is 12.2 Å². The second kappa shape index (κ2) is 4.86. The summed E-state index contributed by atoms with van der Waals surface area (Å²) in [5.41, 5.74) is 5.54. The third kappa shape index (κ3) is 2.51. The minimum absolute atomic E-state index is 0.00416. The number of hydrogen-bond acceptors (Lipinski definition) is 5. The Kier molecular flexibility index (Phi) is 3.51. The molecule has 20 heavy (non-hydrogen) atoms. The molecule has 0 saturated heterocycles. The Hall–Kier alpha value is -1.96. The number of aromatic nitrogens is 1. The van der Waals surface area contributed by atoms with Crippen molar-refractivity contribution >= 4 is 15.7 Å². The molecular weight excluding hydrogens is 290 g/mol.